The highest BCUT2D eigenvalue weighted by molar-refractivity contribution is 9.10. The average molecular weight is 366 g/mol. The SMILES string of the molecule is Cc1cc(C[C@H](C(=O)NO)c2ccc(Br)cc2)cc(C)c1F. The van der Waals surface area contributed by atoms with Crippen LogP contribution in [0.1, 0.15) is 28.2 Å². The van der Waals surface area contributed by atoms with Crippen LogP contribution in [0.5, 0.6) is 0 Å². The molecule has 3 nitrogen and oxygen atoms in total. The lowest BCUT2D eigenvalue weighted by Gasteiger charge is -2.16. The van der Waals surface area contributed by atoms with Crippen LogP contribution in [0.4, 0.5) is 4.39 Å². The van der Waals surface area contributed by atoms with Gasteiger partial charge >= 0.3 is 0 Å². The molecule has 0 spiro atoms. The molecule has 116 valence electrons. The molecule has 0 heterocycles. The Hall–Kier alpha value is -1.72. The number of benzene rings is 2. The van der Waals surface area contributed by atoms with Crippen molar-refractivity contribution in [2.75, 3.05) is 0 Å². The van der Waals surface area contributed by atoms with E-state index in [2.05, 4.69) is 15.9 Å². The van der Waals surface area contributed by atoms with Gasteiger partial charge in [-0.2, -0.15) is 0 Å². The van der Waals surface area contributed by atoms with Crippen LogP contribution in [-0.2, 0) is 11.2 Å². The predicted molar refractivity (Wildman–Crippen MR) is 86.4 cm³/mol. The van der Waals surface area contributed by atoms with Crippen LogP contribution in [0.2, 0.25) is 0 Å². The second-order valence-corrected chi connectivity index (χ2v) is 6.24. The molecular formula is C17H17BrFNO2. The number of aryl methyl sites for hydroxylation is 2. The number of nitrogens with one attached hydrogen (secondary N) is 1. The summed E-state index contributed by atoms with van der Waals surface area (Å²) in [6, 6.07) is 10.8. The van der Waals surface area contributed by atoms with E-state index in [1.807, 2.05) is 24.3 Å². The zero-order valence-electron chi connectivity index (χ0n) is 12.4. The van der Waals surface area contributed by atoms with Gasteiger partial charge in [0, 0.05) is 4.47 Å². The molecule has 0 aliphatic carbocycles. The van der Waals surface area contributed by atoms with Crippen LogP contribution in [0.15, 0.2) is 40.9 Å². The number of halogens is 2. The second-order valence-electron chi connectivity index (χ2n) is 5.33. The third kappa shape index (κ3) is 3.72. The third-order valence-corrected chi connectivity index (χ3v) is 4.16. The average Bonchev–Trinajstić information content (AvgIpc) is 2.50. The summed E-state index contributed by atoms with van der Waals surface area (Å²) in [6.45, 7) is 3.40. The molecule has 0 bridgehead atoms. The Labute approximate surface area is 137 Å². The number of rotatable bonds is 4. The zero-order chi connectivity index (χ0) is 16.3. The first-order chi connectivity index (χ1) is 10.4. The van der Waals surface area contributed by atoms with Crippen LogP contribution in [0, 0.1) is 19.7 Å². The van der Waals surface area contributed by atoms with Crippen molar-refractivity contribution >= 4 is 21.8 Å². The standard InChI is InChI=1S/C17H17BrFNO2/c1-10-7-12(8-11(2)16(10)19)9-15(17(21)20-22)13-3-5-14(18)6-4-13/h3-8,15,22H,9H2,1-2H3,(H,20,21)/t15-/m0/s1. The first-order valence-corrected chi connectivity index (χ1v) is 7.66. The van der Waals surface area contributed by atoms with Gasteiger partial charge in [-0.3, -0.25) is 10.0 Å². The largest absolute Gasteiger partial charge is 0.289 e. The van der Waals surface area contributed by atoms with Gasteiger partial charge < -0.3 is 0 Å². The second kappa shape index (κ2) is 7.03. The molecule has 2 rings (SSSR count). The normalized spacial score (nSPS) is 12.0. The van der Waals surface area contributed by atoms with Crippen molar-refractivity contribution in [3.63, 3.8) is 0 Å². The van der Waals surface area contributed by atoms with Crippen molar-refractivity contribution in [3.05, 3.63) is 68.9 Å². The van der Waals surface area contributed by atoms with Crippen molar-refractivity contribution in [2.24, 2.45) is 0 Å². The van der Waals surface area contributed by atoms with E-state index in [9.17, 15) is 9.18 Å². The summed E-state index contributed by atoms with van der Waals surface area (Å²) in [5, 5.41) is 8.98. The molecule has 1 amide bonds. The van der Waals surface area contributed by atoms with Crippen LogP contribution in [-0.4, -0.2) is 11.1 Å². The molecule has 0 saturated carbocycles. The van der Waals surface area contributed by atoms with Gasteiger partial charge in [-0.15, -0.1) is 0 Å². The van der Waals surface area contributed by atoms with Gasteiger partial charge in [-0.25, -0.2) is 9.87 Å². The lowest BCUT2D eigenvalue weighted by molar-refractivity contribution is -0.130. The van der Waals surface area contributed by atoms with Crippen molar-refractivity contribution in [1.29, 1.82) is 0 Å². The number of carbonyl (C=O) groups is 1. The van der Waals surface area contributed by atoms with Gasteiger partial charge in [0.1, 0.15) is 5.82 Å². The molecule has 22 heavy (non-hydrogen) atoms. The maximum absolute atomic E-state index is 13.7. The molecule has 2 N–H and O–H groups in total. The van der Waals surface area contributed by atoms with E-state index >= 15 is 0 Å². The van der Waals surface area contributed by atoms with Crippen molar-refractivity contribution in [3.8, 4) is 0 Å². The van der Waals surface area contributed by atoms with E-state index in [0.29, 0.717) is 17.5 Å². The minimum atomic E-state index is -0.539. The van der Waals surface area contributed by atoms with Crippen LogP contribution in [0.3, 0.4) is 0 Å². The topological polar surface area (TPSA) is 49.3 Å². The molecule has 2 aromatic rings. The van der Waals surface area contributed by atoms with Crippen molar-refractivity contribution in [2.45, 2.75) is 26.2 Å². The fourth-order valence-corrected chi connectivity index (χ4v) is 2.79. The molecular weight excluding hydrogens is 349 g/mol. The maximum atomic E-state index is 13.7. The fraction of sp³-hybridized carbons (Fsp3) is 0.235. The molecule has 0 fully saturated rings. The Morgan fingerprint density at radius 2 is 1.77 bits per heavy atom. The van der Waals surface area contributed by atoms with Crippen LogP contribution in [0.25, 0.3) is 0 Å². The molecule has 5 heteroatoms. The predicted octanol–water partition coefficient (Wildman–Crippen LogP) is 4.04. The molecule has 0 aromatic heterocycles. The summed E-state index contributed by atoms with van der Waals surface area (Å²) in [7, 11) is 0. The lowest BCUT2D eigenvalue weighted by atomic mass is 9.90. The van der Waals surface area contributed by atoms with Gasteiger partial charge in [0.15, 0.2) is 0 Å². The maximum Gasteiger partial charge on any atom is 0.251 e. The molecule has 0 unspecified atom stereocenters. The molecule has 0 saturated heterocycles. The summed E-state index contributed by atoms with van der Waals surface area (Å²) in [5.41, 5.74) is 4.46. The fourth-order valence-electron chi connectivity index (χ4n) is 2.52. The van der Waals surface area contributed by atoms with E-state index in [1.54, 1.807) is 31.5 Å². The Morgan fingerprint density at radius 3 is 2.27 bits per heavy atom. The lowest BCUT2D eigenvalue weighted by Crippen LogP contribution is -2.27. The Kier molecular flexibility index (Phi) is 5.32. The van der Waals surface area contributed by atoms with Crippen LogP contribution >= 0.6 is 15.9 Å². The first kappa shape index (κ1) is 16.6. The van der Waals surface area contributed by atoms with Gasteiger partial charge in [0.05, 0.1) is 5.92 Å². The Morgan fingerprint density at radius 1 is 1.23 bits per heavy atom. The number of hydroxylamine groups is 1. The summed E-state index contributed by atoms with van der Waals surface area (Å²) < 4.78 is 14.6. The van der Waals surface area contributed by atoms with Gasteiger partial charge in [-0.1, -0.05) is 40.2 Å². The van der Waals surface area contributed by atoms with Crippen molar-refractivity contribution in [1.82, 2.24) is 5.48 Å². The highest BCUT2D eigenvalue weighted by Gasteiger charge is 2.21. The summed E-state index contributed by atoms with van der Waals surface area (Å²) in [6.07, 6.45) is 0.385. The smallest absolute Gasteiger partial charge is 0.251 e. The molecule has 0 aliphatic rings. The van der Waals surface area contributed by atoms with E-state index in [0.717, 1.165) is 15.6 Å². The minimum Gasteiger partial charge on any atom is -0.289 e. The zero-order valence-corrected chi connectivity index (χ0v) is 13.9. The van der Waals surface area contributed by atoms with Gasteiger partial charge in [0.2, 0.25) is 0 Å². The van der Waals surface area contributed by atoms with Gasteiger partial charge in [0.25, 0.3) is 5.91 Å². The van der Waals surface area contributed by atoms with Gasteiger partial charge in [-0.05, 0) is 54.7 Å². The highest BCUT2D eigenvalue weighted by atomic mass is 79.9. The summed E-state index contributed by atoms with van der Waals surface area (Å²) >= 11 is 3.35. The number of amides is 1. The Bertz CT molecular complexity index is 663. The third-order valence-electron chi connectivity index (χ3n) is 3.64. The summed E-state index contributed by atoms with van der Waals surface area (Å²) in [5.74, 6) is -1.25. The van der Waals surface area contributed by atoms with E-state index in [4.69, 9.17) is 5.21 Å². The van der Waals surface area contributed by atoms with E-state index in [-0.39, 0.29) is 5.82 Å². The molecule has 2 aromatic carbocycles. The summed E-state index contributed by atoms with van der Waals surface area (Å²) in [4.78, 5) is 12.0. The number of carbonyl (C=O) groups excluding carboxylic acids is 1. The highest BCUT2D eigenvalue weighted by Crippen LogP contribution is 2.25. The number of hydrogen-bond acceptors (Lipinski definition) is 2. The quantitative estimate of drug-likeness (QED) is 0.634. The number of hydrogen-bond donors (Lipinski definition) is 2. The van der Waals surface area contributed by atoms with Crippen molar-refractivity contribution < 1.29 is 14.4 Å². The monoisotopic (exact) mass is 365 g/mol. The molecule has 1 atom stereocenters. The van der Waals surface area contributed by atoms with Crippen LogP contribution < -0.4 is 5.48 Å². The molecule has 0 aliphatic heterocycles. The van der Waals surface area contributed by atoms with E-state index in [1.165, 1.54) is 0 Å². The first-order valence-electron chi connectivity index (χ1n) is 6.87. The Balaban J connectivity index is 2.35. The van der Waals surface area contributed by atoms with E-state index < -0.39 is 11.8 Å². The molecule has 0 radical (unpaired) electrons. The minimum absolute atomic E-state index is 0.226.